The number of hydrogen-bond acceptors (Lipinski definition) is 4. The van der Waals surface area contributed by atoms with Gasteiger partial charge in [-0.05, 0) is 6.42 Å². The highest BCUT2D eigenvalue weighted by Crippen LogP contribution is 2.31. The van der Waals surface area contributed by atoms with Gasteiger partial charge >= 0.3 is 6.18 Å². The van der Waals surface area contributed by atoms with E-state index >= 15 is 0 Å². The lowest BCUT2D eigenvalue weighted by Crippen LogP contribution is -2.36. The third-order valence-electron chi connectivity index (χ3n) is 3.11. The molecule has 1 fully saturated rings. The van der Waals surface area contributed by atoms with Crippen molar-refractivity contribution >= 4 is 17.7 Å². The fraction of sp³-hybridized carbons (Fsp3) is 0.727. The maximum Gasteiger partial charge on any atom is 0.406 e. The molecule has 1 amide bonds. The number of aromatic nitrogens is 3. The number of alkyl halides is 3. The molecule has 1 atom stereocenters. The number of thioether (sulfide) groups is 1. The Bertz CT molecular complexity index is 502. The molecular weight excluding hydrogens is 293 g/mol. The predicted octanol–water partition coefficient (Wildman–Crippen LogP) is 1.63. The Hall–Kier alpha value is -1.25. The molecule has 0 unspecified atom stereocenters. The van der Waals surface area contributed by atoms with Crippen LogP contribution < -0.4 is 0 Å². The number of rotatable bonds is 4. The summed E-state index contributed by atoms with van der Waals surface area (Å²) in [4.78, 5) is 12.8. The van der Waals surface area contributed by atoms with E-state index in [0.717, 1.165) is 10.7 Å². The molecule has 1 aromatic heterocycles. The van der Waals surface area contributed by atoms with Crippen LogP contribution in [0.4, 0.5) is 13.2 Å². The van der Waals surface area contributed by atoms with Gasteiger partial charge in [0.2, 0.25) is 5.91 Å². The van der Waals surface area contributed by atoms with Crippen LogP contribution in [0, 0.1) is 0 Å². The van der Waals surface area contributed by atoms with E-state index in [0.29, 0.717) is 18.0 Å². The number of amides is 1. The van der Waals surface area contributed by atoms with Gasteiger partial charge in [-0.15, -0.1) is 10.2 Å². The maximum atomic E-state index is 12.3. The molecule has 2 heterocycles. The summed E-state index contributed by atoms with van der Waals surface area (Å²) in [5, 5.41) is 7.99. The zero-order valence-corrected chi connectivity index (χ0v) is 12.0. The topological polar surface area (TPSA) is 51.0 Å². The van der Waals surface area contributed by atoms with Crippen LogP contribution in [0.15, 0.2) is 5.16 Å². The fourth-order valence-corrected chi connectivity index (χ4v) is 3.16. The fourth-order valence-electron chi connectivity index (χ4n) is 2.08. The van der Waals surface area contributed by atoms with Gasteiger partial charge in [0.1, 0.15) is 12.4 Å². The van der Waals surface area contributed by atoms with Crippen LogP contribution in [0.25, 0.3) is 0 Å². The molecule has 2 rings (SSSR count). The second kappa shape index (κ2) is 5.63. The number of nitrogens with zero attached hydrogens (tertiary/aromatic N) is 4. The number of likely N-dealkylation sites (tertiary alicyclic amines) is 1. The van der Waals surface area contributed by atoms with Crippen LogP contribution in [0.5, 0.6) is 0 Å². The van der Waals surface area contributed by atoms with Crippen molar-refractivity contribution < 1.29 is 18.0 Å². The molecule has 0 aliphatic carbocycles. The van der Waals surface area contributed by atoms with E-state index in [-0.39, 0.29) is 6.54 Å². The smallest absolute Gasteiger partial charge is 0.333 e. The summed E-state index contributed by atoms with van der Waals surface area (Å²) in [7, 11) is 1.79. The molecule has 0 aromatic carbocycles. The van der Waals surface area contributed by atoms with Crippen molar-refractivity contribution in [3.8, 4) is 0 Å². The first-order chi connectivity index (χ1) is 9.31. The second-order valence-electron chi connectivity index (χ2n) is 4.58. The van der Waals surface area contributed by atoms with Crippen LogP contribution in [-0.2, 0) is 18.3 Å². The molecule has 112 valence electrons. The van der Waals surface area contributed by atoms with Crippen LogP contribution in [-0.4, -0.2) is 50.1 Å². The summed E-state index contributed by atoms with van der Waals surface area (Å²) in [5.41, 5.74) is 0. The minimum absolute atomic E-state index is 0.133. The minimum Gasteiger partial charge on any atom is -0.333 e. The van der Waals surface area contributed by atoms with Gasteiger partial charge in [-0.1, -0.05) is 18.7 Å². The molecule has 1 aromatic rings. The SMILES string of the molecule is CCc1nnc(S[C@H]2CCN(CC(F)(F)F)C2=O)n1C. The Morgan fingerprint density at radius 2 is 2.10 bits per heavy atom. The zero-order valence-electron chi connectivity index (χ0n) is 11.1. The summed E-state index contributed by atoms with van der Waals surface area (Å²) in [6.45, 7) is 0.890. The summed E-state index contributed by atoms with van der Waals surface area (Å²) in [5.74, 6) is 0.304. The van der Waals surface area contributed by atoms with Crippen molar-refractivity contribution in [2.24, 2.45) is 7.05 Å². The minimum atomic E-state index is -4.35. The first-order valence-electron chi connectivity index (χ1n) is 6.22. The van der Waals surface area contributed by atoms with Gasteiger partial charge in [0.05, 0.1) is 5.25 Å². The third-order valence-corrected chi connectivity index (χ3v) is 4.40. The normalized spacial score (nSPS) is 19.9. The summed E-state index contributed by atoms with van der Waals surface area (Å²) < 4.78 is 38.7. The van der Waals surface area contributed by atoms with Crippen LogP contribution >= 0.6 is 11.8 Å². The Morgan fingerprint density at radius 3 is 2.65 bits per heavy atom. The molecule has 0 bridgehead atoms. The number of carbonyl (C=O) groups is 1. The van der Waals surface area contributed by atoms with E-state index in [2.05, 4.69) is 10.2 Å². The Kier molecular flexibility index (Phi) is 4.26. The average molecular weight is 308 g/mol. The van der Waals surface area contributed by atoms with E-state index in [1.807, 2.05) is 6.92 Å². The lowest BCUT2D eigenvalue weighted by Gasteiger charge is -2.18. The summed E-state index contributed by atoms with van der Waals surface area (Å²) in [6.07, 6.45) is -3.24. The number of aryl methyl sites for hydroxylation is 1. The van der Waals surface area contributed by atoms with Crippen molar-refractivity contribution in [1.82, 2.24) is 19.7 Å². The molecule has 1 saturated heterocycles. The highest BCUT2D eigenvalue weighted by molar-refractivity contribution is 8.00. The highest BCUT2D eigenvalue weighted by atomic mass is 32.2. The highest BCUT2D eigenvalue weighted by Gasteiger charge is 2.40. The van der Waals surface area contributed by atoms with Crippen LogP contribution in [0.1, 0.15) is 19.2 Å². The van der Waals surface area contributed by atoms with Gasteiger partial charge < -0.3 is 9.47 Å². The Morgan fingerprint density at radius 1 is 1.40 bits per heavy atom. The van der Waals surface area contributed by atoms with Crippen LogP contribution in [0.2, 0.25) is 0 Å². The molecule has 0 radical (unpaired) electrons. The number of carbonyl (C=O) groups excluding carboxylic acids is 1. The molecule has 1 aliphatic rings. The number of halogens is 3. The third kappa shape index (κ3) is 3.25. The quantitative estimate of drug-likeness (QED) is 0.848. The van der Waals surface area contributed by atoms with Crippen molar-refractivity contribution in [3.05, 3.63) is 5.82 Å². The van der Waals surface area contributed by atoms with Crippen molar-refractivity contribution in [2.45, 2.75) is 36.3 Å². The van der Waals surface area contributed by atoms with Gasteiger partial charge in [-0.3, -0.25) is 4.79 Å². The summed E-state index contributed by atoms with van der Waals surface area (Å²) in [6, 6.07) is 0. The van der Waals surface area contributed by atoms with Crippen molar-refractivity contribution in [2.75, 3.05) is 13.1 Å². The second-order valence-corrected chi connectivity index (χ2v) is 5.75. The number of hydrogen-bond donors (Lipinski definition) is 0. The average Bonchev–Trinajstić information content (AvgIpc) is 2.86. The lowest BCUT2D eigenvalue weighted by atomic mass is 10.4. The first kappa shape index (κ1) is 15.1. The van der Waals surface area contributed by atoms with Gasteiger partial charge in [0, 0.05) is 20.0 Å². The maximum absolute atomic E-state index is 12.3. The van der Waals surface area contributed by atoms with E-state index < -0.39 is 23.9 Å². The molecule has 0 N–H and O–H groups in total. The van der Waals surface area contributed by atoms with Gasteiger partial charge in [-0.25, -0.2) is 0 Å². The molecule has 20 heavy (non-hydrogen) atoms. The van der Waals surface area contributed by atoms with Crippen molar-refractivity contribution in [3.63, 3.8) is 0 Å². The predicted molar refractivity (Wildman–Crippen MR) is 67.3 cm³/mol. The lowest BCUT2D eigenvalue weighted by molar-refractivity contribution is -0.157. The zero-order chi connectivity index (χ0) is 14.9. The van der Waals surface area contributed by atoms with Gasteiger partial charge in [0.15, 0.2) is 5.16 Å². The Labute approximate surface area is 118 Å². The molecule has 0 saturated carbocycles. The van der Waals surface area contributed by atoms with Crippen molar-refractivity contribution in [1.29, 1.82) is 0 Å². The standard InChI is InChI=1S/C11H15F3N4OS/c1-3-8-15-16-10(17(8)2)20-7-4-5-18(9(7)19)6-11(12,13)14/h7H,3-6H2,1-2H3/t7-/m0/s1. The van der Waals surface area contributed by atoms with E-state index in [4.69, 9.17) is 0 Å². The monoisotopic (exact) mass is 308 g/mol. The molecule has 9 heteroatoms. The Balaban J connectivity index is 2.01. The van der Waals surface area contributed by atoms with E-state index in [1.54, 1.807) is 11.6 Å². The first-order valence-corrected chi connectivity index (χ1v) is 7.10. The molecule has 0 spiro atoms. The van der Waals surface area contributed by atoms with Gasteiger partial charge in [0.25, 0.3) is 0 Å². The van der Waals surface area contributed by atoms with E-state index in [1.165, 1.54) is 11.8 Å². The van der Waals surface area contributed by atoms with Crippen LogP contribution in [0.3, 0.4) is 0 Å². The molecule has 1 aliphatic heterocycles. The van der Waals surface area contributed by atoms with Gasteiger partial charge in [-0.2, -0.15) is 13.2 Å². The summed E-state index contributed by atoms with van der Waals surface area (Å²) >= 11 is 1.18. The molecular formula is C11H15F3N4OS. The molecule has 5 nitrogen and oxygen atoms in total. The van der Waals surface area contributed by atoms with E-state index in [9.17, 15) is 18.0 Å². The largest absolute Gasteiger partial charge is 0.406 e.